The van der Waals surface area contributed by atoms with E-state index in [1.54, 1.807) is 11.8 Å². The summed E-state index contributed by atoms with van der Waals surface area (Å²) >= 11 is 1.66. The van der Waals surface area contributed by atoms with E-state index in [4.69, 9.17) is 4.74 Å². The van der Waals surface area contributed by atoms with Crippen LogP contribution in [0.1, 0.15) is 24.0 Å². The van der Waals surface area contributed by atoms with Crippen molar-refractivity contribution in [1.82, 2.24) is 4.90 Å². The molecule has 0 aromatic heterocycles. The van der Waals surface area contributed by atoms with Crippen LogP contribution in [0.3, 0.4) is 0 Å². The van der Waals surface area contributed by atoms with Gasteiger partial charge in [0.2, 0.25) is 5.91 Å². The van der Waals surface area contributed by atoms with Crippen molar-refractivity contribution < 1.29 is 9.53 Å². The van der Waals surface area contributed by atoms with E-state index in [0.29, 0.717) is 19.0 Å². The van der Waals surface area contributed by atoms with E-state index in [1.807, 2.05) is 4.90 Å². The Labute approximate surface area is 124 Å². The van der Waals surface area contributed by atoms with E-state index in [1.165, 1.54) is 41.7 Å². The van der Waals surface area contributed by atoms with Crippen LogP contribution in [0.25, 0.3) is 0 Å². The Morgan fingerprint density at radius 1 is 1.15 bits per heavy atom. The van der Waals surface area contributed by atoms with Gasteiger partial charge in [-0.2, -0.15) is 0 Å². The average molecular weight is 291 g/mol. The molecule has 0 spiro atoms. The number of hydrogen-bond donors (Lipinski definition) is 0. The fourth-order valence-electron chi connectivity index (χ4n) is 2.85. The number of ether oxygens (including phenoxy) is 1. The molecule has 1 fully saturated rings. The number of rotatable bonds is 3. The summed E-state index contributed by atoms with van der Waals surface area (Å²) in [4.78, 5) is 15.3. The Morgan fingerprint density at radius 3 is 2.70 bits per heavy atom. The predicted molar refractivity (Wildman–Crippen MR) is 81.2 cm³/mol. The maximum atomic E-state index is 12.1. The number of nitrogens with zero attached hydrogens (tertiary/aromatic N) is 1. The molecule has 1 aliphatic carbocycles. The van der Waals surface area contributed by atoms with E-state index < -0.39 is 0 Å². The molecule has 1 saturated heterocycles. The summed E-state index contributed by atoms with van der Waals surface area (Å²) < 4.78 is 5.27. The van der Waals surface area contributed by atoms with Crippen molar-refractivity contribution in [1.29, 1.82) is 0 Å². The highest BCUT2D eigenvalue weighted by molar-refractivity contribution is 8.00. The molecule has 20 heavy (non-hydrogen) atoms. The summed E-state index contributed by atoms with van der Waals surface area (Å²) in [6.45, 7) is 2.83. The SMILES string of the molecule is O=C(CSc1ccc2c(c1)CCCC2)N1CCOCC1. The van der Waals surface area contributed by atoms with Gasteiger partial charge in [-0.25, -0.2) is 0 Å². The Kier molecular flexibility index (Phi) is 4.63. The lowest BCUT2D eigenvalue weighted by molar-refractivity contribution is -0.132. The van der Waals surface area contributed by atoms with Gasteiger partial charge in [0.1, 0.15) is 0 Å². The van der Waals surface area contributed by atoms with Gasteiger partial charge in [-0.15, -0.1) is 11.8 Å². The molecule has 1 aromatic carbocycles. The highest BCUT2D eigenvalue weighted by atomic mass is 32.2. The molecule has 0 saturated carbocycles. The van der Waals surface area contributed by atoms with Crippen LogP contribution < -0.4 is 0 Å². The zero-order chi connectivity index (χ0) is 13.8. The quantitative estimate of drug-likeness (QED) is 0.802. The molecule has 3 nitrogen and oxygen atoms in total. The largest absolute Gasteiger partial charge is 0.378 e. The van der Waals surface area contributed by atoms with Gasteiger partial charge in [0, 0.05) is 18.0 Å². The molecule has 4 heteroatoms. The Morgan fingerprint density at radius 2 is 1.90 bits per heavy atom. The first-order valence-electron chi connectivity index (χ1n) is 7.43. The molecule has 1 aliphatic heterocycles. The zero-order valence-corrected chi connectivity index (χ0v) is 12.6. The summed E-state index contributed by atoms with van der Waals surface area (Å²) in [6, 6.07) is 6.70. The number of carbonyl (C=O) groups is 1. The van der Waals surface area contributed by atoms with E-state index in [9.17, 15) is 4.79 Å². The van der Waals surface area contributed by atoms with Crippen molar-refractivity contribution in [2.75, 3.05) is 32.1 Å². The monoisotopic (exact) mass is 291 g/mol. The van der Waals surface area contributed by atoms with Gasteiger partial charge in [0.15, 0.2) is 0 Å². The van der Waals surface area contributed by atoms with Crippen LogP contribution in [0.5, 0.6) is 0 Å². The summed E-state index contributed by atoms with van der Waals surface area (Å²) in [5.74, 6) is 0.773. The normalized spacial score (nSPS) is 18.7. The fourth-order valence-corrected chi connectivity index (χ4v) is 3.71. The van der Waals surface area contributed by atoms with E-state index in [0.717, 1.165) is 13.1 Å². The standard InChI is InChI=1S/C16H21NO2S/c18-16(17-7-9-19-10-8-17)12-20-15-6-5-13-3-1-2-4-14(13)11-15/h5-6,11H,1-4,7-10,12H2. The van der Waals surface area contributed by atoms with Crippen molar-refractivity contribution in [2.24, 2.45) is 0 Å². The second-order valence-electron chi connectivity index (χ2n) is 5.42. The topological polar surface area (TPSA) is 29.5 Å². The number of aryl methyl sites for hydroxylation is 2. The van der Waals surface area contributed by atoms with Gasteiger partial charge >= 0.3 is 0 Å². The van der Waals surface area contributed by atoms with Gasteiger partial charge in [-0.3, -0.25) is 4.79 Å². The number of hydrogen-bond acceptors (Lipinski definition) is 3. The van der Waals surface area contributed by atoms with Crippen LogP contribution in [0.2, 0.25) is 0 Å². The minimum absolute atomic E-state index is 0.232. The van der Waals surface area contributed by atoms with E-state index >= 15 is 0 Å². The van der Waals surface area contributed by atoms with Crippen LogP contribution in [-0.4, -0.2) is 42.9 Å². The number of amides is 1. The smallest absolute Gasteiger partial charge is 0.233 e. The highest BCUT2D eigenvalue weighted by Gasteiger charge is 2.17. The van der Waals surface area contributed by atoms with Crippen molar-refractivity contribution in [2.45, 2.75) is 30.6 Å². The Balaban J connectivity index is 1.56. The maximum absolute atomic E-state index is 12.1. The fraction of sp³-hybridized carbons (Fsp3) is 0.562. The molecule has 0 atom stereocenters. The molecule has 0 radical (unpaired) electrons. The Bertz CT molecular complexity index is 483. The molecule has 1 aromatic rings. The first-order valence-corrected chi connectivity index (χ1v) is 8.41. The predicted octanol–water partition coefficient (Wildman–Crippen LogP) is 2.52. The Hall–Kier alpha value is -1.00. The average Bonchev–Trinajstić information content (AvgIpc) is 2.53. The van der Waals surface area contributed by atoms with Crippen LogP contribution in [0.4, 0.5) is 0 Å². The highest BCUT2D eigenvalue weighted by Crippen LogP contribution is 2.27. The third-order valence-electron chi connectivity index (χ3n) is 4.05. The van der Waals surface area contributed by atoms with Crippen LogP contribution in [-0.2, 0) is 22.4 Å². The van der Waals surface area contributed by atoms with Gasteiger partial charge in [0.25, 0.3) is 0 Å². The minimum Gasteiger partial charge on any atom is -0.378 e. The molecule has 0 unspecified atom stereocenters. The number of benzene rings is 1. The van der Waals surface area contributed by atoms with Crippen molar-refractivity contribution in [3.05, 3.63) is 29.3 Å². The number of carbonyl (C=O) groups excluding carboxylic acids is 1. The van der Waals surface area contributed by atoms with Crippen molar-refractivity contribution >= 4 is 17.7 Å². The third kappa shape index (κ3) is 3.36. The summed E-state index contributed by atoms with van der Waals surface area (Å²) in [5, 5.41) is 0. The van der Waals surface area contributed by atoms with Crippen molar-refractivity contribution in [3.63, 3.8) is 0 Å². The molecule has 3 rings (SSSR count). The van der Waals surface area contributed by atoms with Crippen LogP contribution >= 0.6 is 11.8 Å². The van der Waals surface area contributed by atoms with Gasteiger partial charge in [-0.1, -0.05) is 6.07 Å². The zero-order valence-electron chi connectivity index (χ0n) is 11.8. The summed E-state index contributed by atoms with van der Waals surface area (Å²) in [5.41, 5.74) is 2.99. The molecule has 1 amide bonds. The first-order chi connectivity index (χ1) is 9.83. The molecule has 1 heterocycles. The molecule has 0 N–H and O–H groups in total. The van der Waals surface area contributed by atoms with E-state index in [-0.39, 0.29) is 5.91 Å². The minimum atomic E-state index is 0.232. The molecule has 108 valence electrons. The molecule has 0 bridgehead atoms. The summed E-state index contributed by atoms with van der Waals surface area (Å²) in [7, 11) is 0. The van der Waals surface area contributed by atoms with Gasteiger partial charge in [-0.05, 0) is 48.9 Å². The van der Waals surface area contributed by atoms with Gasteiger partial charge in [0.05, 0.1) is 19.0 Å². The molecule has 2 aliphatic rings. The van der Waals surface area contributed by atoms with Gasteiger partial charge < -0.3 is 9.64 Å². The number of fused-ring (bicyclic) bond motifs is 1. The van der Waals surface area contributed by atoms with Crippen LogP contribution in [0.15, 0.2) is 23.1 Å². The lowest BCUT2D eigenvalue weighted by Gasteiger charge is -2.26. The maximum Gasteiger partial charge on any atom is 0.233 e. The van der Waals surface area contributed by atoms with Crippen LogP contribution in [0, 0.1) is 0 Å². The second kappa shape index (κ2) is 6.64. The molecular formula is C16H21NO2S. The van der Waals surface area contributed by atoms with E-state index in [2.05, 4.69) is 18.2 Å². The molecular weight excluding hydrogens is 270 g/mol. The third-order valence-corrected chi connectivity index (χ3v) is 5.02. The first kappa shape index (κ1) is 14.0. The lowest BCUT2D eigenvalue weighted by Crippen LogP contribution is -2.41. The van der Waals surface area contributed by atoms with Crippen molar-refractivity contribution in [3.8, 4) is 0 Å². The summed E-state index contributed by atoms with van der Waals surface area (Å²) in [6.07, 6.45) is 5.02. The number of morpholine rings is 1. The lowest BCUT2D eigenvalue weighted by atomic mass is 9.92. The second-order valence-corrected chi connectivity index (χ2v) is 6.47. The number of thioether (sulfide) groups is 1.